The van der Waals surface area contributed by atoms with Crippen LogP contribution in [0.15, 0.2) is 24.4 Å². The minimum atomic E-state index is 0.761. The molecular weight excluding hydrogens is 122 g/mol. The van der Waals surface area contributed by atoms with E-state index < -0.39 is 0 Å². The van der Waals surface area contributed by atoms with Crippen LogP contribution in [0.5, 0.6) is 0 Å². The quantitative estimate of drug-likeness (QED) is 0.528. The third-order valence-corrected chi connectivity index (χ3v) is 1.17. The van der Waals surface area contributed by atoms with Crippen molar-refractivity contribution in [3.8, 4) is 11.8 Å². The molecule has 0 aliphatic carbocycles. The molecule has 0 bridgehead atoms. The van der Waals surface area contributed by atoms with Crippen molar-refractivity contribution in [3.05, 3.63) is 30.1 Å². The fraction of sp³-hybridized carbons (Fsp3) is 0.222. The van der Waals surface area contributed by atoms with Crippen LogP contribution >= 0.6 is 0 Å². The van der Waals surface area contributed by atoms with Gasteiger partial charge in [-0.3, -0.25) is 4.98 Å². The number of hydrogen-bond donors (Lipinski definition) is 0. The van der Waals surface area contributed by atoms with E-state index >= 15 is 0 Å². The fourth-order valence-corrected chi connectivity index (χ4v) is 0.682. The third kappa shape index (κ3) is 1.91. The Morgan fingerprint density at radius 3 is 3.00 bits per heavy atom. The Hall–Kier alpha value is -1.29. The van der Waals surface area contributed by atoms with Gasteiger partial charge in [0.05, 0.1) is 12.1 Å². The average Bonchev–Trinajstić information content (AvgIpc) is 2.03. The molecule has 0 aliphatic heterocycles. The van der Waals surface area contributed by atoms with E-state index in [1.54, 1.807) is 6.20 Å². The van der Waals surface area contributed by atoms with Crippen molar-refractivity contribution in [2.75, 3.05) is 0 Å². The zero-order valence-corrected chi connectivity index (χ0v) is 5.96. The Morgan fingerprint density at radius 2 is 2.40 bits per heavy atom. The van der Waals surface area contributed by atoms with E-state index in [1.807, 2.05) is 25.1 Å². The van der Waals surface area contributed by atoms with E-state index in [-0.39, 0.29) is 0 Å². The van der Waals surface area contributed by atoms with Crippen molar-refractivity contribution >= 4 is 0 Å². The van der Waals surface area contributed by atoms with E-state index in [4.69, 9.17) is 0 Å². The molecule has 1 aromatic rings. The minimum Gasteiger partial charge on any atom is -0.260 e. The number of aromatic nitrogens is 1. The van der Waals surface area contributed by atoms with Crippen LogP contribution in [0.2, 0.25) is 0 Å². The maximum Gasteiger partial charge on any atom is 0.0522 e. The molecule has 0 N–H and O–H groups in total. The molecule has 1 rings (SSSR count). The van der Waals surface area contributed by atoms with Gasteiger partial charge in [-0.15, -0.1) is 5.92 Å². The van der Waals surface area contributed by atoms with Gasteiger partial charge in [-0.25, -0.2) is 0 Å². The maximum absolute atomic E-state index is 4.11. The summed E-state index contributed by atoms with van der Waals surface area (Å²) in [5, 5.41) is 0. The van der Waals surface area contributed by atoms with Crippen molar-refractivity contribution in [2.45, 2.75) is 13.3 Å². The molecular formula is C9H9N. The average molecular weight is 131 g/mol. The zero-order chi connectivity index (χ0) is 7.23. The van der Waals surface area contributed by atoms with Crippen LogP contribution in [-0.4, -0.2) is 4.98 Å². The largest absolute Gasteiger partial charge is 0.260 e. The second kappa shape index (κ2) is 3.68. The summed E-state index contributed by atoms with van der Waals surface area (Å²) in [6.45, 7) is 1.84. The Kier molecular flexibility index (Phi) is 2.51. The first kappa shape index (κ1) is 6.82. The molecule has 1 heterocycles. The van der Waals surface area contributed by atoms with Gasteiger partial charge in [0.2, 0.25) is 0 Å². The van der Waals surface area contributed by atoms with Crippen molar-refractivity contribution in [3.63, 3.8) is 0 Å². The first-order valence-electron chi connectivity index (χ1n) is 3.23. The van der Waals surface area contributed by atoms with E-state index in [2.05, 4.69) is 16.8 Å². The summed E-state index contributed by atoms with van der Waals surface area (Å²) < 4.78 is 0. The van der Waals surface area contributed by atoms with Crippen LogP contribution in [-0.2, 0) is 6.42 Å². The number of rotatable bonds is 1. The summed E-state index contributed by atoms with van der Waals surface area (Å²) in [5.74, 6) is 5.78. The predicted molar refractivity (Wildman–Crippen MR) is 41.4 cm³/mol. The van der Waals surface area contributed by atoms with E-state index in [9.17, 15) is 0 Å². The molecule has 1 aromatic heterocycles. The summed E-state index contributed by atoms with van der Waals surface area (Å²) in [7, 11) is 0. The van der Waals surface area contributed by atoms with Crippen LogP contribution < -0.4 is 0 Å². The molecule has 0 spiro atoms. The molecule has 0 saturated carbocycles. The van der Waals surface area contributed by atoms with E-state index in [1.165, 1.54) is 0 Å². The topological polar surface area (TPSA) is 12.9 Å². The van der Waals surface area contributed by atoms with Gasteiger partial charge < -0.3 is 0 Å². The molecule has 0 radical (unpaired) electrons. The Balaban J connectivity index is 2.64. The second-order valence-electron chi connectivity index (χ2n) is 1.92. The smallest absolute Gasteiger partial charge is 0.0522 e. The first-order chi connectivity index (χ1) is 4.93. The van der Waals surface area contributed by atoms with Crippen molar-refractivity contribution in [1.82, 2.24) is 4.98 Å². The highest BCUT2D eigenvalue weighted by molar-refractivity contribution is 5.11. The summed E-state index contributed by atoms with van der Waals surface area (Å²) >= 11 is 0. The molecule has 10 heavy (non-hydrogen) atoms. The van der Waals surface area contributed by atoms with Crippen LogP contribution in [0.3, 0.4) is 0 Å². The highest BCUT2D eigenvalue weighted by Crippen LogP contribution is 1.92. The number of pyridine rings is 1. The van der Waals surface area contributed by atoms with Gasteiger partial charge in [0.15, 0.2) is 0 Å². The SMILES string of the molecule is CC#CCc1ccccn1. The van der Waals surface area contributed by atoms with Crippen molar-refractivity contribution < 1.29 is 0 Å². The zero-order valence-electron chi connectivity index (χ0n) is 5.96. The van der Waals surface area contributed by atoms with Gasteiger partial charge in [0.1, 0.15) is 0 Å². The lowest BCUT2D eigenvalue weighted by Gasteiger charge is -1.89. The molecule has 0 aliphatic rings. The highest BCUT2D eigenvalue weighted by atomic mass is 14.7. The molecule has 0 unspecified atom stereocenters. The lowest BCUT2D eigenvalue weighted by molar-refractivity contribution is 1.13. The normalized spacial score (nSPS) is 8.10. The lowest BCUT2D eigenvalue weighted by Crippen LogP contribution is -1.83. The highest BCUT2D eigenvalue weighted by Gasteiger charge is 1.84. The van der Waals surface area contributed by atoms with Gasteiger partial charge in [-0.05, 0) is 19.1 Å². The maximum atomic E-state index is 4.11. The molecule has 1 nitrogen and oxygen atoms in total. The van der Waals surface area contributed by atoms with Crippen LogP contribution in [0, 0.1) is 11.8 Å². The third-order valence-electron chi connectivity index (χ3n) is 1.17. The summed E-state index contributed by atoms with van der Waals surface area (Å²) in [4.78, 5) is 4.11. The number of hydrogen-bond acceptors (Lipinski definition) is 1. The monoisotopic (exact) mass is 131 g/mol. The van der Waals surface area contributed by atoms with Crippen LogP contribution in [0.1, 0.15) is 12.6 Å². The molecule has 1 heteroatoms. The Labute approximate surface area is 61.1 Å². The van der Waals surface area contributed by atoms with Gasteiger partial charge in [-0.2, -0.15) is 0 Å². The standard InChI is InChI=1S/C9H9N/c1-2-3-6-9-7-4-5-8-10-9/h4-5,7-8H,6H2,1H3. The molecule has 0 aromatic carbocycles. The summed E-state index contributed by atoms with van der Waals surface area (Å²) in [6.07, 6.45) is 2.55. The van der Waals surface area contributed by atoms with E-state index in [0.29, 0.717) is 0 Å². The summed E-state index contributed by atoms with van der Waals surface area (Å²) in [5.41, 5.74) is 1.04. The summed E-state index contributed by atoms with van der Waals surface area (Å²) in [6, 6.07) is 5.85. The minimum absolute atomic E-state index is 0.761. The van der Waals surface area contributed by atoms with Crippen molar-refractivity contribution in [1.29, 1.82) is 0 Å². The molecule has 0 atom stereocenters. The van der Waals surface area contributed by atoms with Gasteiger partial charge >= 0.3 is 0 Å². The number of nitrogens with zero attached hydrogens (tertiary/aromatic N) is 1. The van der Waals surface area contributed by atoms with Crippen LogP contribution in [0.25, 0.3) is 0 Å². The molecule has 50 valence electrons. The Morgan fingerprint density at radius 1 is 1.50 bits per heavy atom. The molecule has 0 amide bonds. The van der Waals surface area contributed by atoms with Gasteiger partial charge in [0.25, 0.3) is 0 Å². The second-order valence-corrected chi connectivity index (χ2v) is 1.92. The van der Waals surface area contributed by atoms with Gasteiger partial charge in [0, 0.05) is 6.20 Å². The molecule has 0 saturated heterocycles. The Bertz CT molecular complexity index is 240. The predicted octanol–water partition coefficient (Wildman–Crippen LogP) is 1.65. The molecule has 0 fully saturated rings. The lowest BCUT2D eigenvalue weighted by atomic mass is 10.3. The van der Waals surface area contributed by atoms with Crippen molar-refractivity contribution in [2.24, 2.45) is 0 Å². The fourth-order valence-electron chi connectivity index (χ4n) is 0.682. The van der Waals surface area contributed by atoms with E-state index in [0.717, 1.165) is 12.1 Å². The van der Waals surface area contributed by atoms with Gasteiger partial charge in [-0.1, -0.05) is 12.0 Å². The first-order valence-corrected chi connectivity index (χ1v) is 3.23. The van der Waals surface area contributed by atoms with Crippen LogP contribution in [0.4, 0.5) is 0 Å².